The van der Waals surface area contributed by atoms with Crippen LogP contribution in [0.2, 0.25) is 0 Å². The molecule has 4 rings (SSSR count). The Balaban J connectivity index is 1.71. The van der Waals surface area contributed by atoms with E-state index >= 15 is 0 Å². The van der Waals surface area contributed by atoms with Gasteiger partial charge in [-0.05, 0) is 82.6 Å². The summed E-state index contributed by atoms with van der Waals surface area (Å²) in [6, 6.07) is 27.4. The van der Waals surface area contributed by atoms with E-state index in [0.717, 1.165) is 32.9 Å². The van der Waals surface area contributed by atoms with Gasteiger partial charge in [-0.1, -0.05) is 77.9 Å². The molecule has 216 valence electrons. The lowest BCUT2D eigenvalue weighted by Crippen LogP contribution is -2.17. The number of halogens is 3. The third kappa shape index (κ3) is 7.16. The van der Waals surface area contributed by atoms with Crippen LogP contribution in [0.15, 0.2) is 117 Å². The minimum atomic E-state index is -4.84. The zero-order valence-corrected chi connectivity index (χ0v) is 25.5. The second-order valence-electron chi connectivity index (χ2n) is 11.9. The molecule has 0 atom stereocenters. The van der Waals surface area contributed by atoms with Gasteiger partial charge in [0.05, 0.1) is 16.5 Å². The fraction of sp³-hybridized carbons (Fsp3) is 0.273. The first-order valence-electron chi connectivity index (χ1n) is 13.1. The number of hydrogen-bond acceptors (Lipinski definition) is 3. The Morgan fingerprint density at radius 1 is 0.585 bits per heavy atom. The van der Waals surface area contributed by atoms with Crippen LogP contribution in [0.25, 0.3) is 0 Å². The van der Waals surface area contributed by atoms with Crippen molar-refractivity contribution in [3.8, 4) is 5.75 Å². The predicted octanol–water partition coefficient (Wildman–Crippen LogP) is 9.16. The standard InChI is InChI=1S/C33H34F3O3S2/c1-31(2,3)23-11-17-26(18-12-23)40(27-19-13-24(14-20-27)32(4,5)6)28-21-15-25(16-22-28)39-41(37,38)30-10-8-7-9-29(30)33(34,35)36/h7-22H,1-6H3/q+1. The van der Waals surface area contributed by atoms with Gasteiger partial charge in [0.1, 0.15) is 10.6 Å². The van der Waals surface area contributed by atoms with Crippen molar-refractivity contribution < 1.29 is 25.8 Å². The van der Waals surface area contributed by atoms with Crippen molar-refractivity contribution in [2.45, 2.75) is 78.1 Å². The summed E-state index contributed by atoms with van der Waals surface area (Å²) in [6.45, 7) is 13.0. The van der Waals surface area contributed by atoms with E-state index in [4.69, 9.17) is 4.18 Å². The van der Waals surface area contributed by atoms with Gasteiger partial charge >= 0.3 is 16.3 Å². The van der Waals surface area contributed by atoms with Crippen molar-refractivity contribution in [2.24, 2.45) is 0 Å². The molecule has 0 N–H and O–H groups in total. The summed E-state index contributed by atoms with van der Waals surface area (Å²) in [4.78, 5) is 2.16. The van der Waals surface area contributed by atoms with E-state index in [0.29, 0.717) is 0 Å². The average molecular weight is 600 g/mol. The highest BCUT2D eigenvalue weighted by Gasteiger charge is 2.38. The highest BCUT2D eigenvalue weighted by molar-refractivity contribution is 7.97. The van der Waals surface area contributed by atoms with E-state index in [1.54, 1.807) is 12.1 Å². The quantitative estimate of drug-likeness (QED) is 0.164. The van der Waals surface area contributed by atoms with Gasteiger partial charge in [-0.3, -0.25) is 0 Å². The monoisotopic (exact) mass is 599 g/mol. The van der Waals surface area contributed by atoms with Crippen LogP contribution in [0.5, 0.6) is 5.75 Å². The molecule has 0 aliphatic rings. The molecule has 4 aromatic rings. The minimum absolute atomic E-state index is 0.000701. The first-order chi connectivity index (χ1) is 19.0. The fourth-order valence-corrected chi connectivity index (χ4v) is 7.51. The molecule has 0 radical (unpaired) electrons. The molecule has 3 nitrogen and oxygen atoms in total. The van der Waals surface area contributed by atoms with Crippen LogP contribution in [-0.2, 0) is 38.0 Å². The van der Waals surface area contributed by atoms with Gasteiger partial charge in [0.15, 0.2) is 14.7 Å². The summed E-state index contributed by atoms with van der Waals surface area (Å²) in [5.74, 6) is -0.0690. The van der Waals surface area contributed by atoms with E-state index in [-0.39, 0.29) is 16.6 Å². The highest BCUT2D eigenvalue weighted by atomic mass is 32.2. The summed E-state index contributed by atoms with van der Waals surface area (Å²) >= 11 is 0. The molecule has 0 heterocycles. The Morgan fingerprint density at radius 2 is 0.976 bits per heavy atom. The predicted molar refractivity (Wildman–Crippen MR) is 158 cm³/mol. The zero-order valence-electron chi connectivity index (χ0n) is 23.9. The van der Waals surface area contributed by atoms with Crippen LogP contribution < -0.4 is 4.18 Å². The molecule has 0 saturated heterocycles. The molecule has 0 amide bonds. The van der Waals surface area contributed by atoms with Crippen molar-refractivity contribution in [3.05, 3.63) is 114 Å². The lowest BCUT2D eigenvalue weighted by Gasteiger charge is -2.20. The van der Waals surface area contributed by atoms with Crippen LogP contribution in [0.4, 0.5) is 13.2 Å². The van der Waals surface area contributed by atoms with Crippen LogP contribution in [-0.4, -0.2) is 8.42 Å². The molecule has 0 aromatic heterocycles. The van der Waals surface area contributed by atoms with Gasteiger partial charge in [-0.15, -0.1) is 0 Å². The average Bonchev–Trinajstić information content (AvgIpc) is 2.89. The molecular formula is C33H34F3O3S2+. The molecule has 0 unspecified atom stereocenters. The fourth-order valence-electron chi connectivity index (χ4n) is 4.31. The second kappa shape index (κ2) is 11.2. The van der Waals surface area contributed by atoms with Crippen molar-refractivity contribution in [2.75, 3.05) is 0 Å². The van der Waals surface area contributed by atoms with Gasteiger partial charge in [0.25, 0.3) is 0 Å². The van der Waals surface area contributed by atoms with Gasteiger partial charge in [0, 0.05) is 0 Å². The molecule has 0 saturated carbocycles. The second-order valence-corrected chi connectivity index (χ2v) is 15.4. The molecular weight excluding hydrogens is 565 g/mol. The van der Waals surface area contributed by atoms with E-state index in [1.165, 1.54) is 29.3 Å². The molecule has 0 fully saturated rings. The summed E-state index contributed by atoms with van der Waals surface area (Å²) in [5.41, 5.74) is 1.15. The zero-order chi connectivity index (χ0) is 30.2. The van der Waals surface area contributed by atoms with Crippen LogP contribution in [0.3, 0.4) is 0 Å². The maximum atomic E-state index is 13.4. The SMILES string of the molecule is CC(C)(C)c1ccc([S+](c2ccc(OS(=O)(=O)c3ccccc3C(F)(F)F)cc2)c2ccc(C(C)(C)C)cc2)cc1. The minimum Gasteiger partial charge on any atom is -0.379 e. The van der Waals surface area contributed by atoms with Crippen molar-refractivity contribution in [1.29, 1.82) is 0 Å². The van der Waals surface area contributed by atoms with Gasteiger partial charge in [-0.25, -0.2) is 0 Å². The van der Waals surface area contributed by atoms with Gasteiger partial charge < -0.3 is 4.18 Å². The molecule has 4 aromatic carbocycles. The number of alkyl halides is 3. The largest absolute Gasteiger partial charge is 0.417 e. The van der Waals surface area contributed by atoms with Crippen molar-refractivity contribution in [1.82, 2.24) is 0 Å². The maximum Gasteiger partial charge on any atom is 0.417 e. The lowest BCUT2D eigenvalue weighted by atomic mass is 9.87. The Labute approximate surface area is 243 Å². The first-order valence-corrected chi connectivity index (χ1v) is 15.8. The van der Waals surface area contributed by atoms with Crippen LogP contribution in [0, 0.1) is 0 Å². The third-order valence-electron chi connectivity index (χ3n) is 6.64. The molecule has 41 heavy (non-hydrogen) atoms. The topological polar surface area (TPSA) is 43.4 Å². The molecule has 0 aliphatic carbocycles. The number of hydrogen-bond donors (Lipinski definition) is 0. The summed E-state index contributed by atoms with van der Waals surface area (Å²) in [7, 11) is -5.24. The summed E-state index contributed by atoms with van der Waals surface area (Å²) < 4.78 is 71.2. The number of benzene rings is 4. The van der Waals surface area contributed by atoms with Crippen molar-refractivity contribution in [3.63, 3.8) is 0 Å². The normalized spacial score (nSPS) is 12.9. The summed E-state index contributed by atoms with van der Waals surface area (Å²) in [6.07, 6.45) is -4.84. The van der Waals surface area contributed by atoms with Gasteiger partial charge in [0.2, 0.25) is 0 Å². The Kier molecular flexibility index (Phi) is 8.40. The first kappa shape index (κ1) is 30.7. The summed E-state index contributed by atoms with van der Waals surface area (Å²) in [5, 5.41) is 0. The lowest BCUT2D eigenvalue weighted by molar-refractivity contribution is -0.139. The molecule has 0 bridgehead atoms. The molecule has 8 heteroatoms. The van der Waals surface area contributed by atoms with Gasteiger partial charge in [-0.2, -0.15) is 21.6 Å². The van der Waals surface area contributed by atoms with E-state index in [9.17, 15) is 21.6 Å². The Hall–Kier alpha value is -3.23. The third-order valence-corrected chi connectivity index (χ3v) is 10.2. The molecule has 0 spiro atoms. The maximum absolute atomic E-state index is 13.4. The smallest absolute Gasteiger partial charge is 0.379 e. The Morgan fingerprint density at radius 3 is 1.37 bits per heavy atom. The number of rotatable bonds is 6. The van der Waals surface area contributed by atoms with E-state index < -0.39 is 37.6 Å². The van der Waals surface area contributed by atoms with Crippen LogP contribution in [0.1, 0.15) is 58.2 Å². The highest BCUT2D eigenvalue weighted by Crippen LogP contribution is 2.37. The van der Waals surface area contributed by atoms with Crippen molar-refractivity contribution >= 4 is 21.0 Å². The Bertz CT molecular complexity index is 1540. The van der Waals surface area contributed by atoms with Crippen LogP contribution >= 0.6 is 0 Å². The van der Waals surface area contributed by atoms with E-state index in [2.05, 4.69) is 90.1 Å². The molecule has 0 aliphatic heterocycles. The van der Waals surface area contributed by atoms with E-state index in [1.807, 2.05) is 0 Å².